The lowest BCUT2D eigenvalue weighted by Crippen LogP contribution is -1.93. The van der Waals surface area contributed by atoms with E-state index in [1.807, 2.05) is 6.07 Å². The number of anilines is 1. The number of benzene rings is 1. The summed E-state index contributed by atoms with van der Waals surface area (Å²) in [6.45, 7) is 0. The number of nitrogens with two attached hydrogens (primary N) is 1. The van der Waals surface area contributed by atoms with Crippen LogP contribution in [0.5, 0.6) is 5.75 Å². The highest BCUT2D eigenvalue weighted by Crippen LogP contribution is 2.31. The zero-order valence-corrected chi connectivity index (χ0v) is 7.66. The van der Waals surface area contributed by atoms with Crippen LogP contribution in [0.1, 0.15) is 5.56 Å². The van der Waals surface area contributed by atoms with Crippen molar-refractivity contribution in [2.75, 3.05) is 12.8 Å². The zero-order valence-electron chi connectivity index (χ0n) is 7.66. The largest absolute Gasteiger partial charge is 0.495 e. The monoisotopic (exact) mass is 187 g/mol. The van der Waals surface area contributed by atoms with E-state index in [9.17, 15) is 0 Å². The van der Waals surface area contributed by atoms with Crippen LogP contribution in [-0.4, -0.2) is 12.1 Å². The molecule has 1 aromatic heterocycles. The zero-order chi connectivity index (χ0) is 10.1. The van der Waals surface area contributed by atoms with Crippen LogP contribution in [0.4, 0.5) is 5.69 Å². The summed E-state index contributed by atoms with van der Waals surface area (Å²) in [5, 5.41) is 9.57. The predicted molar refractivity (Wildman–Crippen MR) is 54.0 cm³/mol. The van der Waals surface area contributed by atoms with Crippen LogP contribution in [0.25, 0.3) is 10.9 Å². The number of methoxy groups -OCH3 is 1. The van der Waals surface area contributed by atoms with Crippen molar-refractivity contribution in [3.05, 3.63) is 23.9 Å². The molecule has 0 saturated carbocycles. The van der Waals surface area contributed by atoms with Crippen molar-refractivity contribution < 1.29 is 4.74 Å². The van der Waals surface area contributed by atoms with Crippen molar-refractivity contribution in [2.24, 2.45) is 0 Å². The first-order chi connectivity index (χ1) is 6.77. The van der Waals surface area contributed by atoms with Gasteiger partial charge in [0.05, 0.1) is 18.4 Å². The summed E-state index contributed by atoms with van der Waals surface area (Å²) in [5.74, 6) is 0.591. The van der Waals surface area contributed by atoms with E-state index in [4.69, 9.17) is 15.7 Å². The van der Waals surface area contributed by atoms with Crippen molar-refractivity contribution in [2.45, 2.75) is 0 Å². The maximum absolute atomic E-state index is 8.85. The van der Waals surface area contributed by atoms with Crippen LogP contribution in [0, 0.1) is 11.3 Å². The first-order valence-corrected chi connectivity index (χ1v) is 4.11. The first-order valence-electron chi connectivity index (χ1n) is 4.11. The Balaban J connectivity index is 2.85. The molecule has 0 aliphatic rings. The first kappa shape index (κ1) is 8.45. The lowest BCUT2D eigenvalue weighted by Gasteiger charge is -2.04. The highest BCUT2D eigenvalue weighted by molar-refractivity contribution is 5.98. The molecule has 0 bridgehead atoms. The molecule has 2 rings (SSSR count). The second-order valence-corrected chi connectivity index (χ2v) is 2.92. The number of rotatable bonds is 1. The smallest absolute Gasteiger partial charge is 0.142 e. The summed E-state index contributed by atoms with van der Waals surface area (Å²) in [5.41, 5.74) is 7.74. The number of ether oxygens (including phenoxy) is 1. The third-order valence-corrected chi connectivity index (χ3v) is 2.19. The van der Waals surface area contributed by atoms with E-state index in [1.54, 1.807) is 19.4 Å². The predicted octanol–water partition coefficient (Wildman–Crippen LogP) is 1.63. The fraction of sp³-hybridized carbons (Fsp3) is 0.100. The Morgan fingerprint density at radius 2 is 2.29 bits per heavy atom. The van der Waals surface area contributed by atoms with Crippen LogP contribution >= 0.6 is 0 Å². The highest BCUT2D eigenvalue weighted by Gasteiger charge is 2.10. The van der Waals surface area contributed by atoms with Crippen LogP contribution in [0.2, 0.25) is 0 Å². The average molecular weight is 187 g/mol. The molecule has 2 aromatic rings. The Hall–Kier alpha value is -2.15. The van der Waals surface area contributed by atoms with Crippen LogP contribution < -0.4 is 10.5 Å². The maximum Gasteiger partial charge on any atom is 0.142 e. The Morgan fingerprint density at radius 3 is 2.93 bits per heavy atom. The van der Waals surface area contributed by atoms with Gasteiger partial charge in [0.25, 0.3) is 0 Å². The number of H-pyrrole nitrogens is 1. The minimum atomic E-state index is 0.503. The Bertz CT molecular complexity index is 522. The molecule has 4 heteroatoms. The van der Waals surface area contributed by atoms with Gasteiger partial charge in [0.15, 0.2) is 0 Å². The molecular weight excluding hydrogens is 178 g/mol. The molecule has 1 aromatic carbocycles. The third kappa shape index (κ3) is 0.995. The van der Waals surface area contributed by atoms with E-state index in [0.29, 0.717) is 17.0 Å². The molecule has 0 spiro atoms. The summed E-state index contributed by atoms with van der Waals surface area (Å²) >= 11 is 0. The van der Waals surface area contributed by atoms with Gasteiger partial charge in [0, 0.05) is 17.1 Å². The Labute approximate surface area is 80.9 Å². The summed E-state index contributed by atoms with van der Waals surface area (Å²) in [7, 11) is 1.55. The molecule has 3 N–H and O–H groups in total. The number of aromatic amines is 1. The highest BCUT2D eigenvalue weighted by atomic mass is 16.5. The van der Waals surface area contributed by atoms with Crippen molar-refractivity contribution in [3.63, 3.8) is 0 Å². The molecule has 0 saturated heterocycles. The molecule has 0 aliphatic carbocycles. The molecule has 0 fully saturated rings. The van der Waals surface area contributed by atoms with E-state index < -0.39 is 0 Å². The number of fused-ring (bicyclic) bond motifs is 1. The number of nitriles is 1. The van der Waals surface area contributed by atoms with E-state index in [1.165, 1.54) is 0 Å². The van der Waals surface area contributed by atoms with E-state index in [0.717, 1.165) is 10.9 Å². The normalized spacial score (nSPS) is 10.0. The number of aromatic nitrogens is 1. The van der Waals surface area contributed by atoms with Crippen molar-refractivity contribution in [1.29, 1.82) is 5.26 Å². The van der Waals surface area contributed by atoms with Crippen molar-refractivity contribution in [1.82, 2.24) is 4.98 Å². The molecular formula is C10H9N3O. The lowest BCUT2D eigenvalue weighted by atomic mass is 10.1. The van der Waals surface area contributed by atoms with E-state index >= 15 is 0 Å². The summed E-state index contributed by atoms with van der Waals surface area (Å²) in [6, 6.07) is 5.69. The van der Waals surface area contributed by atoms with Gasteiger partial charge in [-0.15, -0.1) is 0 Å². The van der Waals surface area contributed by atoms with Crippen molar-refractivity contribution in [3.8, 4) is 11.8 Å². The van der Waals surface area contributed by atoms with Crippen LogP contribution in [0.15, 0.2) is 18.3 Å². The van der Waals surface area contributed by atoms with Gasteiger partial charge >= 0.3 is 0 Å². The average Bonchev–Trinajstić information content (AvgIpc) is 2.62. The quantitative estimate of drug-likeness (QED) is 0.666. The lowest BCUT2D eigenvalue weighted by molar-refractivity contribution is 0.417. The minimum Gasteiger partial charge on any atom is -0.495 e. The van der Waals surface area contributed by atoms with Crippen LogP contribution in [-0.2, 0) is 0 Å². The van der Waals surface area contributed by atoms with E-state index in [2.05, 4.69) is 11.1 Å². The number of nitrogen functional groups attached to an aromatic ring is 1. The molecule has 14 heavy (non-hydrogen) atoms. The van der Waals surface area contributed by atoms with Crippen LogP contribution in [0.3, 0.4) is 0 Å². The minimum absolute atomic E-state index is 0.503. The Kier molecular flexibility index (Phi) is 1.79. The van der Waals surface area contributed by atoms with Gasteiger partial charge in [-0.05, 0) is 12.1 Å². The standard InChI is InChI=1S/C10H9N3O/c1-14-8-3-2-7-9(10(8)12)6(4-11)5-13-7/h2-3,5,13H,12H2,1H3. The maximum atomic E-state index is 8.85. The topological polar surface area (TPSA) is 74.8 Å². The molecule has 0 atom stereocenters. The molecule has 0 aliphatic heterocycles. The summed E-state index contributed by atoms with van der Waals surface area (Å²) in [6.07, 6.45) is 1.64. The van der Waals surface area contributed by atoms with Gasteiger partial charge < -0.3 is 15.5 Å². The number of nitrogens with zero attached hydrogens (tertiary/aromatic N) is 1. The van der Waals surface area contributed by atoms with Gasteiger partial charge in [-0.3, -0.25) is 0 Å². The molecule has 0 unspecified atom stereocenters. The van der Waals surface area contributed by atoms with Gasteiger partial charge in [0.2, 0.25) is 0 Å². The van der Waals surface area contributed by atoms with Crippen molar-refractivity contribution >= 4 is 16.6 Å². The number of nitrogens with one attached hydrogen (secondary N) is 1. The van der Waals surface area contributed by atoms with E-state index in [-0.39, 0.29) is 0 Å². The summed E-state index contributed by atoms with van der Waals surface area (Å²) in [4.78, 5) is 2.97. The fourth-order valence-corrected chi connectivity index (χ4v) is 1.50. The second kappa shape index (κ2) is 2.96. The van der Waals surface area contributed by atoms with Gasteiger partial charge in [-0.1, -0.05) is 0 Å². The van der Waals surface area contributed by atoms with Gasteiger partial charge in [0.1, 0.15) is 11.8 Å². The molecule has 0 radical (unpaired) electrons. The molecule has 1 heterocycles. The number of hydrogen-bond donors (Lipinski definition) is 2. The Morgan fingerprint density at radius 1 is 1.50 bits per heavy atom. The number of hydrogen-bond acceptors (Lipinski definition) is 3. The SMILES string of the molecule is COc1ccc2[nH]cc(C#N)c2c1N. The summed E-state index contributed by atoms with van der Waals surface area (Å²) < 4.78 is 5.07. The third-order valence-electron chi connectivity index (χ3n) is 2.19. The fourth-order valence-electron chi connectivity index (χ4n) is 1.50. The van der Waals surface area contributed by atoms with Gasteiger partial charge in [-0.25, -0.2) is 0 Å². The molecule has 0 amide bonds. The van der Waals surface area contributed by atoms with Gasteiger partial charge in [-0.2, -0.15) is 5.26 Å². The molecule has 4 nitrogen and oxygen atoms in total. The molecule has 70 valence electrons. The second-order valence-electron chi connectivity index (χ2n) is 2.92.